The van der Waals surface area contributed by atoms with Gasteiger partial charge in [0.05, 0.1) is 24.0 Å². The van der Waals surface area contributed by atoms with Crippen molar-refractivity contribution in [3.63, 3.8) is 0 Å². The maximum atomic E-state index is 12.8. The first kappa shape index (κ1) is 23.8. The Bertz CT molecular complexity index is 1250. The van der Waals surface area contributed by atoms with E-state index in [9.17, 15) is 14.4 Å². The van der Waals surface area contributed by atoms with Gasteiger partial charge in [0.25, 0.3) is 5.91 Å². The number of rotatable bonds is 6. The van der Waals surface area contributed by atoms with E-state index in [0.29, 0.717) is 28.2 Å². The van der Waals surface area contributed by atoms with Gasteiger partial charge in [-0.1, -0.05) is 23.8 Å². The van der Waals surface area contributed by atoms with Gasteiger partial charge in [0, 0.05) is 30.0 Å². The number of urea groups is 1. The number of methoxy groups -OCH3 is 1. The van der Waals surface area contributed by atoms with Crippen molar-refractivity contribution in [2.45, 2.75) is 19.8 Å². The molecule has 0 radical (unpaired) electrons. The Morgan fingerprint density at radius 1 is 0.800 bits per heavy atom. The molecule has 1 aliphatic heterocycles. The van der Waals surface area contributed by atoms with Crippen LogP contribution in [0.4, 0.5) is 27.5 Å². The Morgan fingerprint density at radius 2 is 1.51 bits per heavy atom. The van der Waals surface area contributed by atoms with Crippen LogP contribution in [0, 0.1) is 6.92 Å². The summed E-state index contributed by atoms with van der Waals surface area (Å²) in [6.07, 6.45) is 2.16. The summed E-state index contributed by atoms with van der Waals surface area (Å²) in [7, 11) is 1.31. The topological polar surface area (TPSA) is 99.8 Å². The third-order valence-electron chi connectivity index (χ3n) is 5.77. The monoisotopic (exact) mass is 472 g/mol. The van der Waals surface area contributed by atoms with Crippen molar-refractivity contribution in [1.29, 1.82) is 0 Å². The summed E-state index contributed by atoms with van der Waals surface area (Å²) in [6.45, 7) is 3.72. The molecule has 0 spiro atoms. The van der Waals surface area contributed by atoms with E-state index in [1.54, 1.807) is 36.4 Å². The van der Waals surface area contributed by atoms with E-state index < -0.39 is 12.0 Å². The molecule has 1 heterocycles. The fraction of sp³-hybridized carbons (Fsp3) is 0.222. The van der Waals surface area contributed by atoms with Crippen molar-refractivity contribution < 1.29 is 19.1 Å². The molecule has 0 aliphatic carbocycles. The summed E-state index contributed by atoms with van der Waals surface area (Å²) in [6, 6.07) is 18.9. The molecule has 8 nitrogen and oxygen atoms in total. The van der Waals surface area contributed by atoms with Crippen LogP contribution in [0.3, 0.4) is 0 Å². The van der Waals surface area contributed by atoms with Crippen molar-refractivity contribution in [1.82, 2.24) is 0 Å². The first-order chi connectivity index (χ1) is 16.9. The molecule has 1 saturated heterocycles. The molecule has 0 atom stereocenters. The van der Waals surface area contributed by atoms with E-state index in [1.807, 2.05) is 37.3 Å². The van der Waals surface area contributed by atoms with Crippen LogP contribution in [-0.2, 0) is 4.74 Å². The van der Waals surface area contributed by atoms with E-state index in [-0.39, 0.29) is 5.91 Å². The minimum atomic E-state index is -0.484. The van der Waals surface area contributed by atoms with Crippen molar-refractivity contribution >= 4 is 40.7 Å². The quantitative estimate of drug-likeness (QED) is 0.424. The van der Waals surface area contributed by atoms with E-state index in [1.165, 1.54) is 7.11 Å². The van der Waals surface area contributed by atoms with Gasteiger partial charge in [-0.05, 0) is 68.3 Å². The molecular formula is C27H28N4O4. The van der Waals surface area contributed by atoms with Crippen LogP contribution in [0.25, 0.3) is 0 Å². The third kappa shape index (κ3) is 5.97. The van der Waals surface area contributed by atoms with Crippen LogP contribution in [-0.4, -0.2) is 38.1 Å². The van der Waals surface area contributed by atoms with E-state index in [2.05, 4.69) is 20.9 Å². The third-order valence-corrected chi connectivity index (χ3v) is 5.77. The number of carbonyl (C=O) groups excluding carboxylic acids is 3. The largest absolute Gasteiger partial charge is 0.465 e. The SMILES string of the molecule is COC(=O)c1cccc(NC(=O)Nc2cc(NC(=O)c3cccc(C)c3)ccc2N2CCCC2)c1. The second kappa shape index (κ2) is 10.7. The van der Waals surface area contributed by atoms with E-state index >= 15 is 0 Å². The highest BCUT2D eigenvalue weighted by Crippen LogP contribution is 2.32. The number of anilines is 4. The van der Waals surface area contributed by atoms with Gasteiger partial charge in [0.1, 0.15) is 0 Å². The molecular weight excluding hydrogens is 444 g/mol. The Labute approximate surface area is 204 Å². The smallest absolute Gasteiger partial charge is 0.337 e. The van der Waals surface area contributed by atoms with Gasteiger partial charge in [-0.3, -0.25) is 4.79 Å². The number of ether oxygens (including phenoxy) is 1. The molecule has 35 heavy (non-hydrogen) atoms. The highest BCUT2D eigenvalue weighted by atomic mass is 16.5. The number of nitrogens with zero attached hydrogens (tertiary/aromatic N) is 1. The van der Waals surface area contributed by atoms with Gasteiger partial charge >= 0.3 is 12.0 Å². The highest BCUT2D eigenvalue weighted by molar-refractivity contribution is 6.06. The minimum absolute atomic E-state index is 0.224. The molecule has 3 aromatic carbocycles. The zero-order valence-electron chi connectivity index (χ0n) is 19.8. The maximum Gasteiger partial charge on any atom is 0.337 e. The van der Waals surface area contributed by atoms with Crippen LogP contribution in [0.15, 0.2) is 66.7 Å². The first-order valence-corrected chi connectivity index (χ1v) is 11.5. The molecule has 0 unspecified atom stereocenters. The van der Waals surface area contributed by atoms with Gasteiger partial charge in [0.2, 0.25) is 0 Å². The Morgan fingerprint density at radius 3 is 2.26 bits per heavy atom. The molecule has 3 aromatic rings. The first-order valence-electron chi connectivity index (χ1n) is 11.5. The zero-order chi connectivity index (χ0) is 24.8. The summed E-state index contributed by atoms with van der Waals surface area (Å²) in [4.78, 5) is 39.6. The maximum absolute atomic E-state index is 12.8. The number of esters is 1. The Kier molecular flexibility index (Phi) is 7.30. The standard InChI is InChI=1S/C27H28N4O4/c1-18-7-5-8-19(15-18)25(32)28-22-11-12-24(31-13-3-4-14-31)23(17-22)30-27(34)29-21-10-6-9-20(16-21)26(33)35-2/h5-12,15-17H,3-4,13-14H2,1-2H3,(H,28,32)(H2,29,30,34). The second-order valence-electron chi connectivity index (χ2n) is 8.40. The molecule has 8 heteroatoms. The summed E-state index contributed by atoms with van der Waals surface area (Å²) in [5, 5.41) is 8.57. The Hall–Kier alpha value is -4.33. The predicted molar refractivity (Wildman–Crippen MR) is 137 cm³/mol. The molecule has 3 amide bonds. The van der Waals surface area contributed by atoms with E-state index in [0.717, 1.165) is 37.2 Å². The van der Waals surface area contributed by atoms with Crippen LogP contribution in [0.2, 0.25) is 0 Å². The molecule has 0 bridgehead atoms. The van der Waals surface area contributed by atoms with Crippen LogP contribution in [0.5, 0.6) is 0 Å². The van der Waals surface area contributed by atoms with Crippen molar-refractivity contribution in [2.24, 2.45) is 0 Å². The molecule has 0 aromatic heterocycles. The number of hydrogen-bond donors (Lipinski definition) is 3. The molecule has 0 saturated carbocycles. The molecule has 180 valence electrons. The lowest BCUT2D eigenvalue weighted by molar-refractivity contribution is 0.0600. The highest BCUT2D eigenvalue weighted by Gasteiger charge is 2.18. The summed E-state index contributed by atoms with van der Waals surface area (Å²) in [5.74, 6) is -0.708. The lowest BCUT2D eigenvalue weighted by atomic mass is 10.1. The fourth-order valence-electron chi connectivity index (χ4n) is 4.06. The second-order valence-corrected chi connectivity index (χ2v) is 8.40. The predicted octanol–water partition coefficient (Wildman–Crippen LogP) is 5.28. The number of carbonyl (C=O) groups is 3. The van der Waals surface area contributed by atoms with Crippen molar-refractivity contribution in [2.75, 3.05) is 41.0 Å². The number of aryl methyl sites for hydroxylation is 1. The number of nitrogens with one attached hydrogen (secondary N) is 3. The van der Waals surface area contributed by atoms with Gasteiger partial charge in [-0.25, -0.2) is 9.59 Å². The van der Waals surface area contributed by atoms with Gasteiger partial charge in [-0.2, -0.15) is 0 Å². The zero-order valence-corrected chi connectivity index (χ0v) is 19.8. The minimum Gasteiger partial charge on any atom is -0.465 e. The number of amides is 3. The lowest BCUT2D eigenvalue weighted by Crippen LogP contribution is -2.24. The van der Waals surface area contributed by atoms with Crippen molar-refractivity contribution in [3.05, 3.63) is 83.4 Å². The Balaban J connectivity index is 1.54. The fourth-order valence-corrected chi connectivity index (χ4v) is 4.06. The lowest BCUT2D eigenvalue weighted by Gasteiger charge is -2.22. The summed E-state index contributed by atoms with van der Waals surface area (Å²) < 4.78 is 4.74. The molecule has 4 rings (SSSR count). The van der Waals surface area contributed by atoms with Crippen LogP contribution in [0.1, 0.15) is 39.1 Å². The molecule has 1 aliphatic rings. The van der Waals surface area contributed by atoms with Gasteiger partial charge < -0.3 is 25.6 Å². The van der Waals surface area contributed by atoms with Gasteiger partial charge in [-0.15, -0.1) is 0 Å². The number of benzene rings is 3. The summed E-state index contributed by atoms with van der Waals surface area (Å²) >= 11 is 0. The van der Waals surface area contributed by atoms with Crippen LogP contribution >= 0.6 is 0 Å². The molecule has 1 fully saturated rings. The summed E-state index contributed by atoms with van der Waals surface area (Å²) in [5.41, 5.74) is 4.39. The number of hydrogen-bond acceptors (Lipinski definition) is 5. The average Bonchev–Trinajstić information content (AvgIpc) is 3.38. The van der Waals surface area contributed by atoms with Gasteiger partial charge in [0.15, 0.2) is 0 Å². The normalized spacial score (nSPS) is 12.7. The average molecular weight is 473 g/mol. The van der Waals surface area contributed by atoms with Crippen LogP contribution < -0.4 is 20.9 Å². The molecule has 3 N–H and O–H groups in total. The van der Waals surface area contributed by atoms with Crippen molar-refractivity contribution in [3.8, 4) is 0 Å². The van der Waals surface area contributed by atoms with E-state index in [4.69, 9.17) is 4.74 Å².